The molecule has 2 rings (SSSR count). The smallest absolute Gasteiger partial charge is 0.237 e. The molecule has 25 heavy (non-hydrogen) atoms. The highest BCUT2D eigenvalue weighted by atomic mass is 16.5. The van der Waals surface area contributed by atoms with E-state index in [1.807, 2.05) is 39.0 Å². The molecule has 0 saturated heterocycles. The van der Waals surface area contributed by atoms with E-state index < -0.39 is 11.6 Å². The highest BCUT2D eigenvalue weighted by molar-refractivity contribution is 6.52. The highest BCUT2D eigenvalue weighted by Crippen LogP contribution is 2.34. The lowest BCUT2D eigenvalue weighted by atomic mass is 9.84. The summed E-state index contributed by atoms with van der Waals surface area (Å²) in [6, 6.07) is 3.86. The van der Waals surface area contributed by atoms with Crippen molar-refractivity contribution < 1.29 is 14.3 Å². The van der Waals surface area contributed by atoms with Crippen LogP contribution >= 0.6 is 0 Å². The molecule has 4 heteroatoms. The molecule has 0 aliphatic heterocycles. The van der Waals surface area contributed by atoms with Crippen LogP contribution in [0, 0.1) is 12.8 Å². The summed E-state index contributed by atoms with van der Waals surface area (Å²) in [5.74, 6) is -0.247. The normalized spacial score (nSPS) is 14.1. The van der Waals surface area contributed by atoms with Gasteiger partial charge in [0.05, 0.1) is 12.2 Å². The first-order valence-corrected chi connectivity index (χ1v) is 9.20. The van der Waals surface area contributed by atoms with Gasteiger partial charge in [0.1, 0.15) is 5.75 Å². The maximum atomic E-state index is 12.7. The average molecular weight is 343 g/mol. The molecule has 0 spiro atoms. The van der Waals surface area contributed by atoms with Crippen LogP contribution in [0.5, 0.6) is 5.75 Å². The summed E-state index contributed by atoms with van der Waals surface area (Å²) in [5, 5.41) is 0. The molecule has 0 unspecified atom stereocenters. The molecule has 1 aromatic rings. The molecule has 1 aliphatic carbocycles. The number of nitrogens with zero attached hydrogens (tertiary/aromatic N) is 1. The number of carbonyl (C=O) groups is 2. The fourth-order valence-corrected chi connectivity index (χ4v) is 3.15. The van der Waals surface area contributed by atoms with E-state index in [1.54, 1.807) is 0 Å². The van der Waals surface area contributed by atoms with Gasteiger partial charge in [-0.1, -0.05) is 39.8 Å². The second kappa shape index (κ2) is 8.43. The molecule has 4 nitrogen and oxygen atoms in total. The Bertz CT molecular complexity index is 685. The number of ketones is 2. The average Bonchev–Trinajstić information content (AvgIpc) is 2.59. The highest BCUT2D eigenvalue weighted by Gasteiger charge is 2.32. The molecule has 0 radical (unpaired) electrons. The van der Waals surface area contributed by atoms with Crippen molar-refractivity contribution in [3.63, 3.8) is 0 Å². The zero-order valence-corrected chi connectivity index (χ0v) is 16.0. The van der Waals surface area contributed by atoms with Gasteiger partial charge in [0, 0.05) is 12.1 Å². The van der Waals surface area contributed by atoms with Gasteiger partial charge in [0.15, 0.2) is 0 Å². The van der Waals surface area contributed by atoms with Gasteiger partial charge in [0.2, 0.25) is 11.6 Å². The minimum Gasteiger partial charge on any atom is -0.492 e. The van der Waals surface area contributed by atoms with Crippen LogP contribution in [-0.4, -0.2) is 42.7 Å². The van der Waals surface area contributed by atoms with Crippen molar-refractivity contribution in [1.29, 1.82) is 0 Å². The van der Waals surface area contributed by atoms with Crippen molar-refractivity contribution in [2.45, 2.75) is 41.0 Å². The summed E-state index contributed by atoms with van der Waals surface area (Å²) in [6.07, 6.45) is 2.73. The Balaban J connectivity index is 2.23. The zero-order chi connectivity index (χ0) is 18.6. The SMILES string of the molecule is CCN(CC)CCCOc1c(C)ccc2c1C(=O)C(=O)C(C(C)C)=C2. The Morgan fingerprint density at radius 2 is 1.76 bits per heavy atom. The summed E-state index contributed by atoms with van der Waals surface area (Å²) < 4.78 is 5.96. The lowest BCUT2D eigenvalue weighted by Crippen LogP contribution is -2.26. The molecule has 0 atom stereocenters. The van der Waals surface area contributed by atoms with Gasteiger partial charge in [-0.25, -0.2) is 0 Å². The van der Waals surface area contributed by atoms with Crippen molar-refractivity contribution in [2.24, 2.45) is 5.92 Å². The Labute approximate surface area is 150 Å². The number of Topliss-reactive ketones (excluding diaryl/α,β-unsaturated/α-hetero) is 2. The number of allylic oxidation sites excluding steroid dienone is 1. The monoisotopic (exact) mass is 343 g/mol. The second-order valence-corrected chi connectivity index (χ2v) is 6.82. The van der Waals surface area contributed by atoms with Crippen LogP contribution in [0.25, 0.3) is 6.08 Å². The number of rotatable bonds is 8. The van der Waals surface area contributed by atoms with Gasteiger partial charge >= 0.3 is 0 Å². The van der Waals surface area contributed by atoms with Crippen LogP contribution < -0.4 is 4.74 Å². The topological polar surface area (TPSA) is 46.6 Å². The minimum absolute atomic E-state index is 0.0318. The van der Waals surface area contributed by atoms with E-state index in [1.165, 1.54) is 0 Å². The Kier molecular flexibility index (Phi) is 6.54. The largest absolute Gasteiger partial charge is 0.492 e. The first-order chi connectivity index (χ1) is 11.9. The number of benzene rings is 1. The van der Waals surface area contributed by atoms with E-state index in [4.69, 9.17) is 4.74 Å². The Morgan fingerprint density at radius 3 is 2.36 bits per heavy atom. The van der Waals surface area contributed by atoms with Crippen LogP contribution in [0.15, 0.2) is 17.7 Å². The number of hydrogen-bond donors (Lipinski definition) is 0. The summed E-state index contributed by atoms with van der Waals surface area (Å²) in [4.78, 5) is 27.4. The van der Waals surface area contributed by atoms with Gasteiger partial charge in [-0.15, -0.1) is 0 Å². The quantitative estimate of drug-likeness (QED) is 0.530. The second-order valence-electron chi connectivity index (χ2n) is 6.82. The van der Waals surface area contributed by atoms with Crippen molar-refractivity contribution in [1.82, 2.24) is 4.90 Å². The lowest BCUT2D eigenvalue weighted by Gasteiger charge is -2.22. The molecule has 136 valence electrons. The van der Waals surface area contributed by atoms with Gasteiger partial charge in [-0.05, 0) is 49.6 Å². The summed E-state index contributed by atoms with van der Waals surface area (Å²) in [6.45, 7) is 13.6. The van der Waals surface area contributed by atoms with Gasteiger partial charge in [-0.2, -0.15) is 0 Å². The Morgan fingerprint density at radius 1 is 1.08 bits per heavy atom. The summed E-state index contributed by atoms with van der Waals surface area (Å²) in [5.41, 5.74) is 2.69. The third kappa shape index (κ3) is 4.18. The van der Waals surface area contributed by atoms with E-state index in [-0.39, 0.29) is 5.92 Å². The van der Waals surface area contributed by atoms with Gasteiger partial charge in [0.25, 0.3) is 0 Å². The lowest BCUT2D eigenvalue weighted by molar-refractivity contribution is -0.112. The summed E-state index contributed by atoms with van der Waals surface area (Å²) >= 11 is 0. The predicted molar refractivity (Wildman–Crippen MR) is 101 cm³/mol. The molecule has 1 aliphatic rings. The van der Waals surface area contributed by atoms with Crippen LogP contribution in [0.1, 0.15) is 55.6 Å². The van der Waals surface area contributed by atoms with E-state index in [2.05, 4.69) is 18.7 Å². The maximum absolute atomic E-state index is 12.7. The van der Waals surface area contributed by atoms with Crippen LogP contribution in [0.3, 0.4) is 0 Å². The molecular weight excluding hydrogens is 314 g/mol. The molecule has 0 amide bonds. The van der Waals surface area contributed by atoms with Crippen molar-refractivity contribution in [2.75, 3.05) is 26.2 Å². The van der Waals surface area contributed by atoms with Crippen LogP contribution in [0.2, 0.25) is 0 Å². The van der Waals surface area contributed by atoms with Crippen molar-refractivity contribution in [3.8, 4) is 5.75 Å². The molecule has 0 N–H and O–H groups in total. The number of ether oxygens (including phenoxy) is 1. The number of carbonyl (C=O) groups excluding carboxylic acids is 2. The molecule has 1 aromatic carbocycles. The Hall–Kier alpha value is -1.94. The van der Waals surface area contributed by atoms with Gasteiger partial charge < -0.3 is 9.64 Å². The van der Waals surface area contributed by atoms with E-state index in [0.29, 0.717) is 23.5 Å². The predicted octanol–water partition coefficient (Wildman–Crippen LogP) is 3.91. The van der Waals surface area contributed by atoms with E-state index in [0.717, 1.165) is 37.2 Å². The van der Waals surface area contributed by atoms with Gasteiger partial charge in [-0.3, -0.25) is 9.59 Å². The third-order valence-electron chi connectivity index (χ3n) is 4.77. The number of hydrogen-bond acceptors (Lipinski definition) is 4. The molecule has 0 fully saturated rings. The molecule has 0 bridgehead atoms. The van der Waals surface area contributed by atoms with E-state index >= 15 is 0 Å². The standard InChI is InChI=1S/C21H29NO3/c1-6-22(7-2)11-8-12-25-21-15(5)9-10-16-13-17(14(3)4)19(23)20(24)18(16)21/h9-10,13-14H,6-8,11-12H2,1-5H3. The molecule has 0 aromatic heterocycles. The van der Waals surface area contributed by atoms with E-state index in [9.17, 15) is 9.59 Å². The summed E-state index contributed by atoms with van der Waals surface area (Å²) in [7, 11) is 0. The fourth-order valence-electron chi connectivity index (χ4n) is 3.15. The zero-order valence-electron chi connectivity index (χ0n) is 16.0. The fraction of sp³-hybridized carbons (Fsp3) is 0.524. The van der Waals surface area contributed by atoms with Crippen molar-refractivity contribution >= 4 is 17.6 Å². The minimum atomic E-state index is -0.441. The van der Waals surface area contributed by atoms with Crippen LogP contribution in [0.4, 0.5) is 0 Å². The third-order valence-corrected chi connectivity index (χ3v) is 4.77. The first-order valence-electron chi connectivity index (χ1n) is 9.20. The molecule has 0 heterocycles. The molecular formula is C21H29NO3. The van der Waals surface area contributed by atoms with Crippen molar-refractivity contribution in [3.05, 3.63) is 34.4 Å². The molecule has 0 saturated carbocycles. The number of aryl methyl sites for hydroxylation is 1. The maximum Gasteiger partial charge on any atom is 0.237 e. The van der Waals surface area contributed by atoms with Crippen LogP contribution in [-0.2, 0) is 4.79 Å². The first kappa shape index (κ1) is 19.4. The number of fused-ring (bicyclic) bond motifs is 1.